The molecule has 0 fully saturated rings. The van der Waals surface area contributed by atoms with Gasteiger partial charge < -0.3 is 10.6 Å². The number of aryl methyl sites for hydroxylation is 2. The molecule has 0 bridgehead atoms. The number of fused-ring (bicyclic) bond motifs is 3. The first kappa shape index (κ1) is 25.3. The number of pyridine rings is 1. The third-order valence-corrected chi connectivity index (χ3v) is 7.88. The van der Waals surface area contributed by atoms with Crippen LogP contribution in [0.25, 0.3) is 5.00 Å². The van der Waals surface area contributed by atoms with Crippen LogP contribution >= 0.6 is 22.9 Å². The number of benzene rings is 1. The third-order valence-electron chi connectivity index (χ3n) is 6.44. The monoisotopic (exact) mass is 533 g/mol. The first-order valence-electron chi connectivity index (χ1n) is 12.1. The minimum atomic E-state index is -0.325. The van der Waals surface area contributed by atoms with Crippen LogP contribution in [0.5, 0.6) is 0 Å². The van der Waals surface area contributed by atoms with Crippen LogP contribution in [0.2, 0.25) is 5.02 Å². The lowest BCUT2D eigenvalue weighted by Crippen LogP contribution is -2.36. The van der Waals surface area contributed by atoms with E-state index in [0.29, 0.717) is 18.1 Å². The molecule has 37 heavy (non-hydrogen) atoms. The minimum absolute atomic E-state index is 0.0670. The number of amides is 1. The second-order valence-electron chi connectivity index (χ2n) is 9.00. The topological polar surface area (TPSA) is 97.1 Å². The maximum atomic E-state index is 12.5. The van der Waals surface area contributed by atoms with E-state index in [-0.39, 0.29) is 18.5 Å². The number of nitrogens with one attached hydrogen (secondary N) is 2. The highest BCUT2D eigenvalue weighted by molar-refractivity contribution is 7.15. The summed E-state index contributed by atoms with van der Waals surface area (Å²) in [6.07, 6.45) is 4.29. The van der Waals surface area contributed by atoms with Gasteiger partial charge in [0.05, 0.1) is 12.3 Å². The fraction of sp³-hybridized carbons (Fsp3) is 0.296. The summed E-state index contributed by atoms with van der Waals surface area (Å²) >= 11 is 7.90. The smallest absolute Gasteiger partial charge is 0.233 e. The molecule has 0 saturated carbocycles. The van der Waals surface area contributed by atoms with E-state index < -0.39 is 0 Å². The molecule has 4 heterocycles. The van der Waals surface area contributed by atoms with Crippen LogP contribution in [-0.4, -0.2) is 51.0 Å². The molecule has 2 N–H and O–H groups in total. The number of carbonyl (C=O) groups excluding carboxylic acids is 1. The molecule has 1 unspecified atom stereocenters. The van der Waals surface area contributed by atoms with E-state index in [1.807, 2.05) is 49.5 Å². The van der Waals surface area contributed by atoms with Gasteiger partial charge in [0.25, 0.3) is 0 Å². The molecule has 4 aromatic rings. The summed E-state index contributed by atoms with van der Waals surface area (Å²) in [5.74, 6) is 1.50. The molecular formula is C27H28ClN7OS. The van der Waals surface area contributed by atoms with Crippen molar-refractivity contribution in [2.75, 3.05) is 19.6 Å². The maximum absolute atomic E-state index is 12.5. The largest absolute Gasteiger partial charge is 0.355 e. The van der Waals surface area contributed by atoms with E-state index in [1.165, 1.54) is 10.4 Å². The van der Waals surface area contributed by atoms with Crippen LogP contribution in [0.1, 0.15) is 44.8 Å². The van der Waals surface area contributed by atoms with E-state index >= 15 is 0 Å². The number of carbonyl (C=O) groups is 1. The molecule has 1 aromatic carbocycles. The quantitative estimate of drug-likeness (QED) is 0.355. The van der Waals surface area contributed by atoms with E-state index in [1.54, 1.807) is 17.5 Å². The highest BCUT2D eigenvalue weighted by Crippen LogP contribution is 2.38. The van der Waals surface area contributed by atoms with Crippen LogP contribution in [0.4, 0.5) is 0 Å². The molecule has 1 aliphatic rings. The van der Waals surface area contributed by atoms with Crippen molar-refractivity contribution in [2.24, 2.45) is 4.99 Å². The van der Waals surface area contributed by atoms with Crippen molar-refractivity contribution in [3.63, 3.8) is 0 Å². The number of aliphatic imine (C=N–C) groups is 1. The number of nitrogens with zero attached hydrogens (tertiary/aromatic N) is 5. The van der Waals surface area contributed by atoms with Crippen LogP contribution < -0.4 is 10.6 Å². The lowest BCUT2D eigenvalue weighted by atomic mass is 10.00. The van der Waals surface area contributed by atoms with E-state index in [2.05, 4.69) is 44.2 Å². The van der Waals surface area contributed by atoms with E-state index in [9.17, 15) is 4.79 Å². The second kappa shape index (κ2) is 10.9. The Kier molecular flexibility index (Phi) is 7.45. The molecule has 1 aliphatic heterocycles. The van der Waals surface area contributed by atoms with Crippen molar-refractivity contribution in [1.29, 1.82) is 0 Å². The van der Waals surface area contributed by atoms with E-state index in [0.717, 1.165) is 45.5 Å². The normalized spacial score (nSPS) is 14.5. The average Bonchev–Trinajstić information content (AvgIpc) is 3.37. The highest BCUT2D eigenvalue weighted by atomic mass is 35.5. The van der Waals surface area contributed by atoms with Crippen molar-refractivity contribution < 1.29 is 4.79 Å². The first-order chi connectivity index (χ1) is 17.9. The molecule has 0 saturated heterocycles. The van der Waals surface area contributed by atoms with Gasteiger partial charge in [0.1, 0.15) is 16.9 Å². The van der Waals surface area contributed by atoms with Gasteiger partial charge in [0.2, 0.25) is 5.91 Å². The molecule has 5 rings (SSSR count). The summed E-state index contributed by atoms with van der Waals surface area (Å²) in [5.41, 5.74) is 5.25. The van der Waals surface area contributed by atoms with Gasteiger partial charge in [-0.1, -0.05) is 29.8 Å². The van der Waals surface area contributed by atoms with Crippen molar-refractivity contribution in [2.45, 2.75) is 33.2 Å². The molecule has 1 atom stereocenters. The van der Waals surface area contributed by atoms with Crippen molar-refractivity contribution >= 4 is 34.6 Å². The van der Waals surface area contributed by atoms with Gasteiger partial charge >= 0.3 is 0 Å². The standard InChI is InChI=1S/C27H28ClN7OS/c1-16-17(2)37-27-24(16)25(20-6-8-21(28)9-7-20)32-22(26-34-33-18(3)35(26)27)14-30-15-23(36)31-12-10-19-5-4-11-29-13-19/h4-9,11,13,22,30H,10,12,14-15H2,1-3H3,(H,31,36). The van der Waals surface area contributed by atoms with Gasteiger partial charge in [-0.25, -0.2) is 0 Å². The van der Waals surface area contributed by atoms with Gasteiger partial charge in [-0.15, -0.1) is 21.5 Å². The molecule has 0 radical (unpaired) electrons. The molecular weight excluding hydrogens is 506 g/mol. The van der Waals surface area contributed by atoms with Crippen LogP contribution in [0.15, 0.2) is 53.8 Å². The molecule has 10 heteroatoms. The highest BCUT2D eigenvalue weighted by Gasteiger charge is 2.31. The van der Waals surface area contributed by atoms with Crippen LogP contribution in [0, 0.1) is 20.8 Å². The third kappa shape index (κ3) is 5.34. The summed E-state index contributed by atoms with van der Waals surface area (Å²) in [6.45, 7) is 7.39. The number of rotatable bonds is 8. The summed E-state index contributed by atoms with van der Waals surface area (Å²) in [5, 5.41) is 16.9. The van der Waals surface area contributed by atoms with Crippen molar-refractivity contribution in [3.8, 4) is 5.00 Å². The molecule has 190 valence electrons. The summed E-state index contributed by atoms with van der Waals surface area (Å²) in [6, 6.07) is 11.3. The Morgan fingerprint density at radius 3 is 2.70 bits per heavy atom. The SMILES string of the molecule is Cc1sc2c(c1C)C(c1ccc(Cl)cc1)=NC(CNCC(=O)NCCc1cccnc1)c1nnc(C)n1-2. The lowest BCUT2D eigenvalue weighted by Gasteiger charge is -2.14. The Hall–Kier alpha value is -3.40. The van der Waals surface area contributed by atoms with Crippen molar-refractivity contribution in [1.82, 2.24) is 30.4 Å². The fourth-order valence-corrected chi connectivity index (χ4v) is 5.75. The van der Waals surface area contributed by atoms with Crippen LogP contribution in [0.3, 0.4) is 0 Å². The summed E-state index contributed by atoms with van der Waals surface area (Å²) < 4.78 is 2.10. The number of hydrogen-bond acceptors (Lipinski definition) is 7. The van der Waals surface area contributed by atoms with Gasteiger partial charge in [0, 0.05) is 46.5 Å². The second-order valence-corrected chi connectivity index (χ2v) is 10.6. The Bertz CT molecular complexity index is 1440. The van der Waals surface area contributed by atoms with E-state index in [4.69, 9.17) is 16.6 Å². The summed E-state index contributed by atoms with van der Waals surface area (Å²) in [4.78, 5) is 23.0. The Morgan fingerprint density at radius 1 is 1.14 bits per heavy atom. The zero-order valence-corrected chi connectivity index (χ0v) is 22.5. The lowest BCUT2D eigenvalue weighted by molar-refractivity contribution is -0.120. The van der Waals surface area contributed by atoms with Crippen molar-refractivity contribution in [3.05, 3.63) is 92.6 Å². The van der Waals surface area contributed by atoms with Gasteiger partial charge in [-0.3, -0.25) is 19.3 Å². The number of hydrogen-bond donors (Lipinski definition) is 2. The first-order valence-corrected chi connectivity index (χ1v) is 13.3. The predicted molar refractivity (Wildman–Crippen MR) is 147 cm³/mol. The predicted octanol–water partition coefficient (Wildman–Crippen LogP) is 4.14. The van der Waals surface area contributed by atoms with Gasteiger partial charge in [-0.2, -0.15) is 0 Å². The fourth-order valence-electron chi connectivity index (χ4n) is 4.41. The van der Waals surface area contributed by atoms with Crippen LogP contribution in [-0.2, 0) is 11.2 Å². The number of halogens is 1. The molecule has 8 nitrogen and oxygen atoms in total. The maximum Gasteiger partial charge on any atom is 0.233 e. The Labute approximate surface area is 224 Å². The minimum Gasteiger partial charge on any atom is -0.355 e. The Balaban J connectivity index is 1.37. The zero-order chi connectivity index (χ0) is 25.9. The zero-order valence-electron chi connectivity index (χ0n) is 21.0. The Morgan fingerprint density at radius 2 is 1.95 bits per heavy atom. The number of aromatic nitrogens is 4. The van der Waals surface area contributed by atoms with Gasteiger partial charge in [-0.05, 0) is 56.5 Å². The molecule has 0 spiro atoms. The molecule has 1 amide bonds. The number of thiophene rings is 1. The summed E-state index contributed by atoms with van der Waals surface area (Å²) in [7, 11) is 0. The molecule has 3 aromatic heterocycles. The molecule has 0 aliphatic carbocycles. The average molecular weight is 534 g/mol. The van der Waals surface area contributed by atoms with Gasteiger partial charge in [0.15, 0.2) is 5.82 Å².